The van der Waals surface area contributed by atoms with E-state index in [0.29, 0.717) is 30.5 Å². The predicted molar refractivity (Wildman–Crippen MR) is 115 cm³/mol. The lowest BCUT2D eigenvalue weighted by molar-refractivity contribution is 0.112. The van der Waals surface area contributed by atoms with Gasteiger partial charge in [0.1, 0.15) is 6.07 Å². The van der Waals surface area contributed by atoms with Gasteiger partial charge in [0.2, 0.25) is 0 Å². The van der Waals surface area contributed by atoms with Crippen molar-refractivity contribution in [3.05, 3.63) is 64.6 Å². The van der Waals surface area contributed by atoms with Crippen LogP contribution in [0, 0.1) is 17.1 Å². The molecular formula is C24H24FN3O3. The summed E-state index contributed by atoms with van der Waals surface area (Å²) in [7, 11) is 1.45. The standard InChI is InChI=1S/C24H24FN3O3/c1-14(2)31-24(29)27-17-10-19-18-8-4-6-15(12-26)22(18)28(21(19)11-17)13-16-7-5-9-20(25)23(16)30-3/h4-9,14,17H,10-11,13H2,1-3H3,(H,27,29). The molecule has 1 atom stereocenters. The lowest BCUT2D eigenvalue weighted by Crippen LogP contribution is -2.37. The number of alkyl carbamates (subject to hydrolysis) is 1. The van der Waals surface area contributed by atoms with E-state index in [9.17, 15) is 14.4 Å². The smallest absolute Gasteiger partial charge is 0.407 e. The molecule has 1 aromatic heterocycles. The minimum absolute atomic E-state index is 0.105. The highest BCUT2D eigenvalue weighted by molar-refractivity contribution is 5.91. The van der Waals surface area contributed by atoms with Crippen molar-refractivity contribution < 1.29 is 18.7 Å². The molecule has 3 aromatic rings. The fourth-order valence-electron chi connectivity index (χ4n) is 4.40. The number of nitrogens with one attached hydrogen (secondary N) is 1. The van der Waals surface area contributed by atoms with Crippen LogP contribution in [0.25, 0.3) is 10.9 Å². The first-order valence-electron chi connectivity index (χ1n) is 10.2. The minimum atomic E-state index is -0.439. The Kier molecular flexibility index (Phi) is 5.55. The molecule has 7 heteroatoms. The largest absolute Gasteiger partial charge is 0.493 e. The first kappa shape index (κ1) is 20.7. The molecular weight excluding hydrogens is 397 g/mol. The van der Waals surface area contributed by atoms with Crippen molar-refractivity contribution in [2.75, 3.05) is 7.11 Å². The number of fused-ring (bicyclic) bond motifs is 3. The molecule has 1 N–H and O–H groups in total. The Labute approximate surface area is 180 Å². The van der Waals surface area contributed by atoms with Gasteiger partial charge in [0.15, 0.2) is 11.6 Å². The van der Waals surface area contributed by atoms with Crippen molar-refractivity contribution in [1.29, 1.82) is 5.26 Å². The number of aromatic nitrogens is 1. The second kappa shape index (κ2) is 8.31. The molecule has 1 aliphatic rings. The van der Waals surface area contributed by atoms with Gasteiger partial charge in [0.05, 0.1) is 30.8 Å². The highest BCUT2D eigenvalue weighted by atomic mass is 19.1. The summed E-state index contributed by atoms with van der Waals surface area (Å²) in [4.78, 5) is 12.1. The number of halogens is 1. The number of amides is 1. The fraction of sp³-hybridized carbons (Fsp3) is 0.333. The average Bonchev–Trinajstić information content (AvgIpc) is 3.25. The van der Waals surface area contributed by atoms with E-state index < -0.39 is 11.9 Å². The number of nitrogens with zero attached hydrogens (tertiary/aromatic N) is 2. The topological polar surface area (TPSA) is 76.3 Å². The Balaban J connectivity index is 1.76. The first-order chi connectivity index (χ1) is 14.9. The molecule has 31 heavy (non-hydrogen) atoms. The van der Waals surface area contributed by atoms with E-state index in [1.807, 2.05) is 18.2 Å². The summed E-state index contributed by atoms with van der Waals surface area (Å²) in [6.45, 7) is 3.97. The third kappa shape index (κ3) is 3.81. The van der Waals surface area contributed by atoms with Gasteiger partial charge in [-0.15, -0.1) is 0 Å². The lowest BCUT2D eigenvalue weighted by atomic mass is 10.1. The highest BCUT2D eigenvalue weighted by Crippen LogP contribution is 2.36. The van der Waals surface area contributed by atoms with E-state index in [2.05, 4.69) is 16.0 Å². The number of para-hydroxylation sites is 2. The summed E-state index contributed by atoms with van der Waals surface area (Å²) in [6.07, 6.45) is 0.601. The van der Waals surface area contributed by atoms with Crippen molar-refractivity contribution in [2.45, 2.75) is 45.4 Å². The molecule has 0 saturated heterocycles. The number of methoxy groups -OCH3 is 1. The van der Waals surface area contributed by atoms with Crippen LogP contribution in [-0.4, -0.2) is 29.9 Å². The van der Waals surface area contributed by atoms with E-state index in [0.717, 1.165) is 22.2 Å². The number of benzene rings is 2. The summed E-state index contributed by atoms with van der Waals surface area (Å²) in [6, 6.07) is 12.6. The van der Waals surface area contributed by atoms with Gasteiger partial charge in [-0.05, 0) is 38.0 Å². The first-order valence-corrected chi connectivity index (χ1v) is 10.2. The Morgan fingerprint density at radius 2 is 2.06 bits per heavy atom. The lowest BCUT2D eigenvalue weighted by Gasteiger charge is -2.17. The van der Waals surface area contributed by atoms with Gasteiger partial charge in [0, 0.05) is 29.1 Å². The SMILES string of the molecule is COc1c(F)cccc1Cn1c2c(c3cccc(C#N)c31)CC(NC(=O)OC(C)C)C2. The van der Waals surface area contributed by atoms with Gasteiger partial charge in [-0.25, -0.2) is 9.18 Å². The van der Waals surface area contributed by atoms with Crippen LogP contribution in [0.5, 0.6) is 5.75 Å². The van der Waals surface area contributed by atoms with E-state index in [4.69, 9.17) is 9.47 Å². The maximum atomic E-state index is 14.3. The Morgan fingerprint density at radius 1 is 1.29 bits per heavy atom. The van der Waals surface area contributed by atoms with Crippen LogP contribution in [0.2, 0.25) is 0 Å². The number of ether oxygens (including phenoxy) is 2. The van der Waals surface area contributed by atoms with Crippen LogP contribution in [0.3, 0.4) is 0 Å². The molecule has 1 amide bonds. The normalized spacial score (nSPS) is 15.0. The molecule has 1 unspecified atom stereocenters. The number of hydrogen-bond acceptors (Lipinski definition) is 4. The molecule has 1 aliphatic carbocycles. The summed E-state index contributed by atoms with van der Waals surface area (Å²) >= 11 is 0. The van der Waals surface area contributed by atoms with E-state index >= 15 is 0 Å². The molecule has 1 heterocycles. The number of nitriles is 1. The third-order valence-electron chi connectivity index (χ3n) is 5.56. The zero-order chi connectivity index (χ0) is 22.1. The van der Waals surface area contributed by atoms with E-state index in [-0.39, 0.29) is 17.9 Å². The molecule has 0 aliphatic heterocycles. The van der Waals surface area contributed by atoms with Gasteiger partial charge in [-0.1, -0.05) is 24.3 Å². The summed E-state index contributed by atoms with van der Waals surface area (Å²) in [5, 5.41) is 13.6. The molecule has 0 bridgehead atoms. The van der Waals surface area contributed by atoms with Crippen molar-refractivity contribution in [2.24, 2.45) is 0 Å². The molecule has 6 nitrogen and oxygen atoms in total. The molecule has 160 valence electrons. The maximum Gasteiger partial charge on any atom is 0.407 e. The van der Waals surface area contributed by atoms with Crippen molar-refractivity contribution in [3.8, 4) is 11.8 Å². The van der Waals surface area contributed by atoms with Gasteiger partial charge in [0.25, 0.3) is 0 Å². The van der Waals surface area contributed by atoms with Crippen LogP contribution in [-0.2, 0) is 24.1 Å². The second-order valence-corrected chi connectivity index (χ2v) is 7.96. The van der Waals surface area contributed by atoms with Gasteiger partial charge in [-0.2, -0.15) is 5.26 Å². The van der Waals surface area contributed by atoms with Gasteiger partial charge < -0.3 is 19.4 Å². The Hall–Kier alpha value is -3.53. The zero-order valence-corrected chi connectivity index (χ0v) is 17.7. The maximum absolute atomic E-state index is 14.3. The van der Waals surface area contributed by atoms with E-state index in [1.54, 1.807) is 26.0 Å². The zero-order valence-electron chi connectivity index (χ0n) is 17.7. The minimum Gasteiger partial charge on any atom is -0.493 e. The van der Waals surface area contributed by atoms with E-state index in [1.165, 1.54) is 13.2 Å². The third-order valence-corrected chi connectivity index (χ3v) is 5.56. The molecule has 0 saturated carbocycles. The molecule has 0 radical (unpaired) electrons. The van der Waals surface area contributed by atoms with Crippen LogP contribution in [0.15, 0.2) is 36.4 Å². The van der Waals surface area contributed by atoms with Crippen LogP contribution in [0.4, 0.5) is 9.18 Å². The number of carbonyl (C=O) groups is 1. The van der Waals surface area contributed by atoms with Crippen LogP contribution < -0.4 is 10.1 Å². The average molecular weight is 421 g/mol. The van der Waals surface area contributed by atoms with Crippen LogP contribution in [0.1, 0.15) is 36.2 Å². The Morgan fingerprint density at radius 3 is 2.77 bits per heavy atom. The molecule has 4 rings (SSSR count). The van der Waals surface area contributed by atoms with Gasteiger partial charge in [-0.3, -0.25) is 0 Å². The quantitative estimate of drug-likeness (QED) is 0.666. The van der Waals surface area contributed by atoms with Crippen molar-refractivity contribution in [3.63, 3.8) is 0 Å². The Bertz CT molecular complexity index is 1190. The summed E-state index contributed by atoms with van der Waals surface area (Å²) < 4.78 is 26.8. The highest BCUT2D eigenvalue weighted by Gasteiger charge is 2.31. The second-order valence-electron chi connectivity index (χ2n) is 7.96. The van der Waals surface area contributed by atoms with Crippen LogP contribution >= 0.6 is 0 Å². The molecule has 0 spiro atoms. The predicted octanol–water partition coefficient (Wildman–Crippen LogP) is 4.31. The summed E-state index contributed by atoms with van der Waals surface area (Å²) in [5.74, 6) is -0.231. The molecule has 0 fully saturated rings. The fourth-order valence-corrected chi connectivity index (χ4v) is 4.40. The van der Waals surface area contributed by atoms with Crippen molar-refractivity contribution in [1.82, 2.24) is 9.88 Å². The molecule has 2 aromatic carbocycles. The van der Waals surface area contributed by atoms with Crippen molar-refractivity contribution >= 4 is 17.0 Å². The number of carbonyl (C=O) groups excluding carboxylic acids is 1. The number of rotatable bonds is 5. The van der Waals surface area contributed by atoms with Gasteiger partial charge >= 0.3 is 6.09 Å². The number of hydrogen-bond donors (Lipinski definition) is 1. The monoisotopic (exact) mass is 421 g/mol. The summed E-state index contributed by atoms with van der Waals surface area (Å²) in [5.41, 5.74) is 4.19.